The van der Waals surface area contributed by atoms with E-state index in [1.165, 1.54) is 35.5 Å². The van der Waals surface area contributed by atoms with Crippen LogP contribution in [-0.2, 0) is 12.1 Å². The second-order valence-electron chi connectivity index (χ2n) is 7.06. The number of furan rings is 1. The maximum atomic E-state index is 12.4. The van der Waals surface area contributed by atoms with E-state index in [0.29, 0.717) is 11.0 Å². The molecule has 3 aromatic rings. The van der Waals surface area contributed by atoms with Crippen LogP contribution >= 0.6 is 0 Å². The summed E-state index contributed by atoms with van der Waals surface area (Å²) in [6, 6.07) is 5.27. The highest BCUT2D eigenvalue weighted by Gasteiger charge is 2.45. The highest BCUT2D eigenvalue weighted by atomic mass is 19.4. The van der Waals surface area contributed by atoms with Gasteiger partial charge in [-0.2, -0.15) is 5.10 Å². The van der Waals surface area contributed by atoms with Crippen LogP contribution in [0.25, 0.3) is 11.0 Å². The van der Waals surface area contributed by atoms with Gasteiger partial charge in [0.05, 0.1) is 6.54 Å². The smallest absolute Gasteiger partial charge is 0.458 e. The zero-order chi connectivity index (χ0) is 19.2. The van der Waals surface area contributed by atoms with Gasteiger partial charge in [0.2, 0.25) is 0 Å². The molecule has 2 heterocycles. The Morgan fingerprint density at radius 2 is 1.92 bits per heavy atom. The lowest BCUT2D eigenvalue weighted by atomic mass is 9.74. The lowest BCUT2D eigenvalue weighted by molar-refractivity contribution is -0.274. The van der Waals surface area contributed by atoms with E-state index in [9.17, 15) is 18.3 Å². The molecule has 0 bridgehead atoms. The van der Waals surface area contributed by atoms with Crippen LogP contribution in [0.3, 0.4) is 0 Å². The van der Waals surface area contributed by atoms with E-state index in [1.807, 2.05) is 20.8 Å². The molecule has 0 amide bonds. The van der Waals surface area contributed by atoms with E-state index in [1.54, 1.807) is 0 Å². The van der Waals surface area contributed by atoms with Crippen molar-refractivity contribution >= 4 is 11.0 Å². The number of aromatic nitrogens is 3. The number of rotatable bonds is 4. The number of aliphatic hydroxyl groups is 1. The average Bonchev–Trinajstić information content (AvgIpc) is 3.12. The standard InChI is InChI=1S/C17H18F3N3O3/c1-15(2,3)16(24,8-23-10-21-9-22-23)14-7-11-6-12(26-17(18,19)20)4-5-13(11)25-14/h4-7,9-10,24H,8H2,1-3H3. The minimum absolute atomic E-state index is 0.0717. The van der Waals surface area contributed by atoms with Gasteiger partial charge in [0.15, 0.2) is 0 Å². The summed E-state index contributed by atoms with van der Waals surface area (Å²) < 4.78 is 48.4. The molecule has 26 heavy (non-hydrogen) atoms. The largest absolute Gasteiger partial charge is 0.573 e. The molecule has 1 aromatic carbocycles. The van der Waals surface area contributed by atoms with Crippen molar-refractivity contribution in [1.82, 2.24) is 14.8 Å². The Morgan fingerprint density at radius 1 is 1.19 bits per heavy atom. The number of nitrogens with zero attached hydrogens (tertiary/aromatic N) is 3. The summed E-state index contributed by atoms with van der Waals surface area (Å²) in [5.74, 6) is -0.132. The Kier molecular flexibility index (Phi) is 4.22. The van der Waals surface area contributed by atoms with E-state index in [2.05, 4.69) is 14.8 Å². The van der Waals surface area contributed by atoms with Crippen molar-refractivity contribution in [2.75, 3.05) is 0 Å². The molecule has 0 aliphatic rings. The van der Waals surface area contributed by atoms with Crippen LogP contribution in [0.4, 0.5) is 13.2 Å². The van der Waals surface area contributed by atoms with Crippen LogP contribution in [-0.4, -0.2) is 26.2 Å². The minimum Gasteiger partial charge on any atom is -0.458 e. The number of halogens is 3. The molecule has 1 N–H and O–H groups in total. The quantitative estimate of drug-likeness (QED) is 0.756. The van der Waals surface area contributed by atoms with Crippen LogP contribution in [0, 0.1) is 5.41 Å². The first-order chi connectivity index (χ1) is 12.0. The van der Waals surface area contributed by atoms with Gasteiger partial charge in [-0.05, 0) is 29.7 Å². The maximum Gasteiger partial charge on any atom is 0.573 e. The lowest BCUT2D eigenvalue weighted by Crippen LogP contribution is -2.43. The maximum absolute atomic E-state index is 12.4. The Labute approximate surface area is 147 Å². The lowest BCUT2D eigenvalue weighted by Gasteiger charge is -2.38. The van der Waals surface area contributed by atoms with Gasteiger partial charge in [-0.1, -0.05) is 20.8 Å². The summed E-state index contributed by atoms with van der Waals surface area (Å²) in [7, 11) is 0. The Bertz CT molecular complexity index is 897. The second-order valence-corrected chi connectivity index (χ2v) is 7.06. The van der Waals surface area contributed by atoms with Crippen molar-refractivity contribution in [3.8, 4) is 5.75 Å². The number of hydrogen-bond acceptors (Lipinski definition) is 5. The molecular formula is C17H18F3N3O3. The van der Waals surface area contributed by atoms with Gasteiger partial charge < -0.3 is 14.3 Å². The topological polar surface area (TPSA) is 73.3 Å². The van der Waals surface area contributed by atoms with Crippen LogP contribution in [0.15, 0.2) is 41.3 Å². The van der Waals surface area contributed by atoms with Crippen molar-refractivity contribution in [2.45, 2.75) is 39.3 Å². The minimum atomic E-state index is -4.78. The van der Waals surface area contributed by atoms with Crippen LogP contribution in [0.1, 0.15) is 26.5 Å². The van der Waals surface area contributed by atoms with Gasteiger partial charge in [0, 0.05) is 5.39 Å². The molecule has 1 atom stereocenters. The van der Waals surface area contributed by atoms with Crippen LogP contribution in [0.5, 0.6) is 5.75 Å². The van der Waals surface area contributed by atoms with E-state index in [4.69, 9.17) is 4.42 Å². The van der Waals surface area contributed by atoms with Crippen molar-refractivity contribution in [2.24, 2.45) is 5.41 Å². The highest BCUT2D eigenvalue weighted by Crippen LogP contribution is 2.43. The first-order valence-corrected chi connectivity index (χ1v) is 7.83. The summed E-state index contributed by atoms with van der Waals surface area (Å²) in [5.41, 5.74) is -1.78. The fourth-order valence-electron chi connectivity index (χ4n) is 2.66. The number of fused-ring (bicyclic) bond motifs is 1. The molecular weight excluding hydrogens is 351 g/mol. The third kappa shape index (κ3) is 3.52. The molecule has 1 unspecified atom stereocenters. The third-order valence-corrected chi connectivity index (χ3v) is 4.23. The molecule has 0 aliphatic carbocycles. The summed E-state index contributed by atoms with van der Waals surface area (Å²) in [5, 5.41) is 15.8. The molecule has 6 nitrogen and oxygen atoms in total. The van der Waals surface area contributed by atoms with Gasteiger partial charge in [0.25, 0.3) is 0 Å². The second kappa shape index (κ2) is 6.01. The molecule has 9 heteroatoms. The summed E-state index contributed by atoms with van der Waals surface area (Å²) in [6.45, 7) is 5.56. The fourth-order valence-corrected chi connectivity index (χ4v) is 2.66. The van der Waals surface area contributed by atoms with E-state index in [0.717, 1.165) is 6.07 Å². The summed E-state index contributed by atoms with van der Waals surface area (Å²) in [4.78, 5) is 3.86. The predicted octanol–water partition coefficient (Wildman–Crippen LogP) is 3.86. The SMILES string of the molecule is CC(C)(C)C(O)(Cn1cncn1)c1cc2cc(OC(F)(F)F)ccc2o1. The van der Waals surface area contributed by atoms with E-state index in [-0.39, 0.29) is 18.1 Å². The molecule has 140 valence electrons. The fraction of sp³-hybridized carbons (Fsp3) is 0.412. The molecule has 0 saturated carbocycles. The Morgan fingerprint density at radius 3 is 2.50 bits per heavy atom. The number of alkyl halides is 3. The van der Waals surface area contributed by atoms with Crippen LogP contribution in [0.2, 0.25) is 0 Å². The normalized spacial score (nSPS) is 15.2. The zero-order valence-corrected chi connectivity index (χ0v) is 14.4. The third-order valence-electron chi connectivity index (χ3n) is 4.23. The summed E-state index contributed by atoms with van der Waals surface area (Å²) >= 11 is 0. The molecule has 0 saturated heterocycles. The molecule has 0 aliphatic heterocycles. The molecule has 0 fully saturated rings. The molecule has 0 spiro atoms. The first kappa shape index (κ1) is 18.2. The zero-order valence-electron chi connectivity index (χ0n) is 14.4. The molecule has 3 rings (SSSR count). The number of ether oxygens (including phenoxy) is 1. The van der Waals surface area contributed by atoms with Crippen molar-refractivity contribution in [1.29, 1.82) is 0 Å². The highest BCUT2D eigenvalue weighted by molar-refractivity contribution is 5.79. The van der Waals surface area contributed by atoms with Gasteiger partial charge in [-0.15, -0.1) is 13.2 Å². The van der Waals surface area contributed by atoms with E-state index < -0.39 is 17.4 Å². The van der Waals surface area contributed by atoms with Crippen molar-refractivity contribution < 1.29 is 27.4 Å². The van der Waals surface area contributed by atoms with Crippen molar-refractivity contribution in [3.63, 3.8) is 0 Å². The monoisotopic (exact) mass is 369 g/mol. The van der Waals surface area contributed by atoms with Gasteiger partial charge in [-0.3, -0.25) is 0 Å². The van der Waals surface area contributed by atoms with E-state index >= 15 is 0 Å². The molecule has 0 radical (unpaired) electrons. The van der Waals surface area contributed by atoms with Gasteiger partial charge >= 0.3 is 6.36 Å². The number of hydrogen-bond donors (Lipinski definition) is 1. The summed E-state index contributed by atoms with van der Waals surface area (Å²) in [6.07, 6.45) is -1.96. The molecule has 2 aromatic heterocycles. The average molecular weight is 369 g/mol. The Balaban J connectivity index is 2.03. The van der Waals surface area contributed by atoms with Crippen LogP contribution < -0.4 is 4.74 Å². The van der Waals surface area contributed by atoms with Crippen molar-refractivity contribution in [3.05, 3.63) is 42.7 Å². The first-order valence-electron chi connectivity index (χ1n) is 7.83. The number of benzene rings is 1. The van der Waals surface area contributed by atoms with Gasteiger partial charge in [-0.25, -0.2) is 9.67 Å². The Hall–Kier alpha value is -2.55. The predicted molar refractivity (Wildman–Crippen MR) is 86.3 cm³/mol. The van der Waals surface area contributed by atoms with Gasteiger partial charge in [0.1, 0.15) is 35.3 Å².